The molecule has 70 valence electrons. The van der Waals surface area contributed by atoms with Crippen LogP contribution in [0.4, 0.5) is 0 Å². The number of carboxylic acids is 1. The predicted molar refractivity (Wildman–Crippen MR) is 45.3 cm³/mol. The van der Waals surface area contributed by atoms with Gasteiger partial charge in [-0.25, -0.2) is 0 Å². The number of aliphatic carboxylic acids is 1. The zero-order valence-corrected chi connectivity index (χ0v) is 7.13. The molecule has 0 amide bonds. The van der Waals surface area contributed by atoms with Gasteiger partial charge in [-0.3, -0.25) is 9.89 Å². The van der Waals surface area contributed by atoms with Gasteiger partial charge >= 0.3 is 5.97 Å². The summed E-state index contributed by atoms with van der Waals surface area (Å²) in [7, 11) is 0. The van der Waals surface area contributed by atoms with E-state index < -0.39 is 5.97 Å². The molecule has 1 aliphatic rings. The molecule has 3 N–H and O–H groups in total. The fourth-order valence-electron chi connectivity index (χ4n) is 1.58. The van der Waals surface area contributed by atoms with Gasteiger partial charge in [0.2, 0.25) is 0 Å². The van der Waals surface area contributed by atoms with Gasteiger partial charge in [0.05, 0.1) is 12.1 Å². The second-order valence-corrected chi connectivity index (χ2v) is 3.12. The number of aromatic nitrogens is 2. The molecule has 0 radical (unpaired) electrons. The van der Waals surface area contributed by atoms with E-state index in [0.717, 1.165) is 30.8 Å². The summed E-state index contributed by atoms with van der Waals surface area (Å²) in [4.78, 5) is 10.5. The molecule has 1 aliphatic heterocycles. The third-order valence-corrected chi connectivity index (χ3v) is 2.21. The number of hydrogen-bond acceptors (Lipinski definition) is 3. The minimum atomic E-state index is -0.833. The van der Waals surface area contributed by atoms with Crippen molar-refractivity contribution in [2.24, 2.45) is 0 Å². The first-order valence-corrected chi connectivity index (χ1v) is 4.25. The molecule has 0 spiro atoms. The van der Waals surface area contributed by atoms with Crippen LogP contribution >= 0.6 is 0 Å². The normalized spacial score (nSPS) is 15.4. The number of hydrogen-bond donors (Lipinski definition) is 3. The summed E-state index contributed by atoms with van der Waals surface area (Å²) in [5.74, 6) is -0.833. The minimum Gasteiger partial charge on any atom is -0.481 e. The Labute approximate surface area is 75.2 Å². The third-order valence-electron chi connectivity index (χ3n) is 2.21. The average Bonchev–Trinajstić information content (AvgIpc) is 2.48. The first-order chi connectivity index (χ1) is 6.27. The Bertz CT molecular complexity index is 332. The predicted octanol–water partition coefficient (Wildman–Crippen LogP) is -0.318. The highest BCUT2D eigenvalue weighted by Gasteiger charge is 2.17. The van der Waals surface area contributed by atoms with E-state index in [1.165, 1.54) is 0 Å². The van der Waals surface area contributed by atoms with E-state index in [1.807, 2.05) is 0 Å². The average molecular weight is 181 g/mol. The second kappa shape index (κ2) is 3.18. The quantitative estimate of drug-likeness (QED) is 0.584. The molecule has 2 heterocycles. The third kappa shape index (κ3) is 1.55. The maximum atomic E-state index is 10.5. The van der Waals surface area contributed by atoms with Gasteiger partial charge in [-0.1, -0.05) is 0 Å². The van der Waals surface area contributed by atoms with Crippen LogP contribution in [0, 0.1) is 0 Å². The fraction of sp³-hybridized carbons (Fsp3) is 0.500. The van der Waals surface area contributed by atoms with Crippen molar-refractivity contribution in [1.29, 1.82) is 0 Å². The Kier molecular flexibility index (Phi) is 2.02. The zero-order chi connectivity index (χ0) is 9.26. The topological polar surface area (TPSA) is 78.0 Å². The van der Waals surface area contributed by atoms with Gasteiger partial charge in [-0.2, -0.15) is 5.10 Å². The first kappa shape index (κ1) is 8.25. The van der Waals surface area contributed by atoms with Gasteiger partial charge in [0.25, 0.3) is 0 Å². The summed E-state index contributed by atoms with van der Waals surface area (Å²) in [6, 6.07) is 0. The summed E-state index contributed by atoms with van der Waals surface area (Å²) in [5, 5.41) is 18.7. The van der Waals surface area contributed by atoms with Crippen LogP contribution < -0.4 is 5.32 Å². The van der Waals surface area contributed by atoms with E-state index >= 15 is 0 Å². The molecule has 2 rings (SSSR count). The number of nitrogens with one attached hydrogen (secondary N) is 2. The lowest BCUT2D eigenvalue weighted by Gasteiger charge is -2.12. The Morgan fingerprint density at radius 3 is 3.23 bits per heavy atom. The van der Waals surface area contributed by atoms with Crippen molar-refractivity contribution >= 4 is 5.97 Å². The van der Waals surface area contributed by atoms with E-state index in [2.05, 4.69) is 15.5 Å². The molecular weight excluding hydrogens is 170 g/mol. The molecule has 13 heavy (non-hydrogen) atoms. The molecule has 0 fully saturated rings. The van der Waals surface area contributed by atoms with Crippen molar-refractivity contribution in [3.05, 3.63) is 17.0 Å². The first-order valence-electron chi connectivity index (χ1n) is 4.25. The number of H-pyrrole nitrogens is 1. The van der Waals surface area contributed by atoms with Gasteiger partial charge in [0.15, 0.2) is 0 Å². The number of carboxylic acid groups (broad SMARTS) is 1. The zero-order valence-electron chi connectivity index (χ0n) is 7.13. The maximum absolute atomic E-state index is 10.5. The van der Waals surface area contributed by atoms with Crippen molar-refractivity contribution in [3.63, 3.8) is 0 Å². The lowest BCUT2D eigenvalue weighted by molar-refractivity contribution is -0.136. The fourth-order valence-corrected chi connectivity index (χ4v) is 1.58. The lowest BCUT2D eigenvalue weighted by Crippen LogP contribution is -2.24. The monoisotopic (exact) mass is 181 g/mol. The standard InChI is InChI=1S/C8H11N3O2/c12-8(13)3-7-5-4-9-2-1-6(5)10-11-7/h9H,1-4H2,(H,10,11)(H,12,13). The molecule has 0 unspecified atom stereocenters. The van der Waals surface area contributed by atoms with Crippen molar-refractivity contribution in [3.8, 4) is 0 Å². The van der Waals surface area contributed by atoms with E-state index in [9.17, 15) is 4.79 Å². The minimum absolute atomic E-state index is 0.00745. The molecule has 0 saturated carbocycles. The number of rotatable bonds is 2. The summed E-state index contributed by atoms with van der Waals surface area (Å²) >= 11 is 0. The molecule has 0 saturated heterocycles. The summed E-state index contributed by atoms with van der Waals surface area (Å²) in [6.45, 7) is 1.66. The van der Waals surface area contributed by atoms with Gasteiger partial charge < -0.3 is 10.4 Å². The van der Waals surface area contributed by atoms with Crippen molar-refractivity contribution < 1.29 is 9.90 Å². The van der Waals surface area contributed by atoms with E-state index in [0.29, 0.717) is 5.69 Å². The van der Waals surface area contributed by atoms with Crippen LogP contribution in [-0.2, 0) is 24.2 Å². The van der Waals surface area contributed by atoms with Crippen LogP contribution in [0.3, 0.4) is 0 Å². The van der Waals surface area contributed by atoms with Crippen molar-refractivity contribution in [2.75, 3.05) is 6.54 Å². The van der Waals surface area contributed by atoms with Crippen LogP contribution in [0.2, 0.25) is 0 Å². The summed E-state index contributed by atoms with van der Waals surface area (Å²) in [6.07, 6.45) is 0.912. The highest BCUT2D eigenvalue weighted by molar-refractivity contribution is 5.70. The lowest BCUT2D eigenvalue weighted by atomic mass is 10.1. The van der Waals surface area contributed by atoms with Crippen LogP contribution in [-0.4, -0.2) is 27.8 Å². The van der Waals surface area contributed by atoms with Crippen molar-refractivity contribution in [1.82, 2.24) is 15.5 Å². The maximum Gasteiger partial charge on any atom is 0.309 e. The molecule has 1 aromatic rings. The van der Waals surface area contributed by atoms with Crippen molar-refractivity contribution in [2.45, 2.75) is 19.4 Å². The number of nitrogens with zero attached hydrogens (tertiary/aromatic N) is 1. The largest absolute Gasteiger partial charge is 0.481 e. The SMILES string of the molecule is O=C(O)Cc1n[nH]c2c1CNCC2. The second-order valence-electron chi connectivity index (χ2n) is 3.12. The van der Waals surface area contributed by atoms with Crippen LogP contribution in [0.1, 0.15) is 17.0 Å². The Morgan fingerprint density at radius 2 is 2.46 bits per heavy atom. The van der Waals surface area contributed by atoms with Gasteiger partial charge in [0, 0.05) is 30.8 Å². The van der Waals surface area contributed by atoms with Crippen LogP contribution in [0.25, 0.3) is 0 Å². The number of fused-ring (bicyclic) bond motifs is 1. The van der Waals surface area contributed by atoms with E-state index in [4.69, 9.17) is 5.11 Å². The Hall–Kier alpha value is -1.36. The number of aromatic amines is 1. The van der Waals surface area contributed by atoms with E-state index in [-0.39, 0.29) is 6.42 Å². The molecule has 5 nitrogen and oxygen atoms in total. The van der Waals surface area contributed by atoms with Crippen LogP contribution in [0.5, 0.6) is 0 Å². The highest BCUT2D eigenvalue weighted by Crippen LogP contribution is 2.15. The van der Waals surface area contributed by atoms with Crippen LogP contribution in [0.15, 0.2) is 0 Å². The molecule has 0 bridgehead atoms. The molecular formula is C8H11N3O2. The highest BCUT2D eigenvalue weighted by atomic mass is 16.4. The summed E-state index contributed by atoms with van der Waals surface area (Å²) in [5.41, 5.74) is 2.78. The molecule has 0 aromatic carbocycles. The summed E-state index contributed by atoms with van der Waals surface area (Å²) < 4.78 is 0. The molecule has 1 aromatic heterocycles. The van der Waals surface area contributed by atoms with Gasteiger partial charge in [-0.05, 0) is 0 Å². The molecule has 0 aliphatic carbocycles. The Balaban J connectivity index is 2.26. The van der Waals surface area contributed by atoms with Gasteiger partial charge in [0.1, 0.15) is 0 Å². The number of carbonyl (C=O) groups is 1. The Morgan fingerprint density at radius 1 is 1.62 bits per heavy atom. The smallest absolute Gasteiger partial charge is 0.309 e. The van der Waals surface area contributed by atoms with Gasteiger partial charge in [-0.15, -0.1) is 0 Å². The van der Waals surface area contributed by atoms with E-state index in [1.54, 1.807) is 0 Å². The molecule has 0 atom stereocenters. The molecule has 5 heteroatoms.